The van der Waals surface area contributed by atoms with Crippen LogP contribution in [-0.2, 0) is 19.4 Å². The first-order valence-corrected chi connectivity index (χ1v) is 11.8. The summed E-state index contributed by atoms with van der Waals surface area (Å²) in [6.45, 7) is 3.17. The molecule has 0 spiro atoms. The number of carbonyl (C=O) groups excluding carboxylic acids is 2. The summed E-state index contributed by atoms with van der Waals surface area (Å²) in [6.07, 6.45) is 0. The predicted molar refractivity (Wildman–Crippen MR) is 121 cm³/mol. The second-order valence-corrected chi connectivity index (χ2v) is 9.89. The Kier molecular flexibility index (Phi) is 6.66. The Morgan fingerprint density at radius 3 is 2.16 bits per heavy atom. The lowest BCUT2D eigenvalue weighted by Gasteiger charge is -2.30. The van der Waals surface area contributed by atoms with Gasteiger partial charge in [-0.15, -0.1) is 0 Å². The van der Waals surface area contributed by atoms with Crippen LogP contribution in [0.5, 0.6) is 0 Å². The smallest absolute Gasteiger partial charge is 0.261 e. The average Bonchev–Trinajstić information content (AvgIpc) is 2.75. The van der Waals surface area contributed by atoms with E-state index in [4.69, 9.17) is 10.7 Å². The number of carbonyl (C=O) groups is 2. The van der Waals surface area contributed by atoms with Crippen molar-refractivity contribution in [2.45, 2.75) is 24.3 Å². The van der Waals surface area contributed by atoms with Crippen LogP contribution in [0.25, 0.3) is 0 Å². The van der Waals surface area contributed by atoms with E-state index in [0.717, 1.165) is 12.1 Å². The van der Waals surface area contributed by atoms with Crippen molar-refractivity contribution >= 4 is 37.2 Å². The zero-order valence-electron chi connectivity index (χ0n) is 17.2. The van der Waals surface area contributed by atoms with Gasteiger partial charge in [0.1, 0.15) is 11.4 Å². The predicted octanol–water partition coefficient (Wildman–Crippen LogP) is 4.35. The summed E-state index contributed by atoms with van der Waals surface area (Å²) in [5.41, 5.74) is 0.0496. The summed E-state index contributed by atoms with van der Waals surface area (Å²) in [6, 6.07) is 17.6. The average molecular weight is 475 g/mol. The molecule has 6 nitrogen and oxygen atoms in total. The molecule has 0 heterocycles. The van der Waals surface area contributed by atoms with Gasteiger partial charge in [0.15, 0.2) is 0 Å². The first kappa shape index (κ1) is 23.4. The van der Waals surface area contributed by atoms with E-state index in [1.165, 1.54) is 30.3 Å². The molecular formula is C23H20ClFN2O4S. The van der Waals surface area contributed by atoms with Crippen LogP contribution in [0.1, 0.15) is 28.4 Å². The van der Waals surface area contributed by atoms with Crippen molar-refractivity contribution in [2.75, 3.05) is 5.32 Å². The molecule has 32 heavy (non-hydrogen) atoms. The fourth-order valence-electron chi connectivity index (χ4n) is 3.11. The number of halogens is 2. The molecule has 2 amide bonds. The lowest BCUT2D eigenvalue weighted by Crippen LogP contribution is -2.52. The van der Waals surface area contributed by atoms with Crippen LogP contribution >= 0.6 is 10.7 Å². The number of hydrogen-bond donors (Lipinski definition) is 2. The molecule has 0 aliphatic rings. The molecule has 0 radical (unpaired) electrons. The van der Waals surface area contributed by atoms with E-state index in [-0.39, 0.29) is 10.5 Å². The molecule has 3 aromatic carbocycles. The van der Waals surface area contributed by atoms with Gasteiger partial charge in [-0.25, -0.2) is 12.8 Å². The van der Waals surface area contributed by atoms with E-state index < -0.39 is 32.2 Å². The normalized spacial score (nSPS) is 13.1. The molecule has 3 aromatic rings. The molecule has 0 bridgehead atoms. The van der Waals surface area contributed by atoms with Gasteiger partial charge in [-0.2, -0.15) is 0 Å². The highest BCUT2D eigenvalue weighted by atomic mass is 35.7. The zero-order valence-corrected chi connectivity index (χ0v) is 18.8. The minimum atomic E-state index is -3.92. The van der Waals surface area contributed by atoms with E-state index in [1.807, 2.05) is 0 Å². The van der Waals surface area contributed by atoms with Gasteiger partial charge >= 0.3 is 0 Å². The fourth-order valence-corrected chi connectivity index (χ4v) is 3.94. The van der Waals surface area contributed by atoms with Crippen LogP contribution < -0.4 is 10.6 Å². The third kappa shape index (κ3) is 5.15. The van der Waals surface area contributed by atoms with Crippen LogP contribution in [0.3, 0.4) is 0 Å². The number of amides is 2. The van der Waals surface area contributed by atoms with E-state index in [2.05, 4.69) is 10.6 Å². The van der Waals surface area contributed by atoms with E-state index in [0.29, 0.717) is 16.8 Å². The molecule has 0 aliphatic carbocycles. The summed E-state index contributed by atoms with van der Waals surface area (Å²) < 4.78 is 36.3. The van der Waals surface area contributed by atoms with Crippen molar-refractivity contribution in [3.63, 3.8) is 0 Å². The van der Waals surface area contributed by atoms with Gasteiger partial charge in [0.2, 0.25) is 0 Å². The molecule has 0 aliphatic heterocycles. The molecule has 0 unspecified atom stereocenters. The molecule has 166 valence electrons. The molecule has 0 saturated carbocycles. The maximum absolute atomic E-state index is 13.4. The SMILES string of the molecule is Cc1cc(S(=O)(=O)Cl)ccc1NC(=O)[C@@](C)(NC(=O)c1ccc(F)cc1)c1ccccc1. The second-order valence-electron chi connectivity index (χ2n) is 7.32. The van der Waals surface area contributed by atoms with Gasteiger partial charge in [-0.05, 0) is 67.4 Å². The summed E-state index contributed by atoms with van der Waals surface area (Å²) in [5, 5.41) is 5.47. The maximum atomic E-state index is 13.4. The largest absolute Gasteiger partial charge is 0.334 e. The minimum absolute atomic E-state index is 0.0925. The summed E-state index contributed by atoms with van der Waals surface area (Å²) >= 11 is 0. The Hall–Kier alpha value is -3.23. The lowest BCUT2D eigenvalue weighted by atomic mass is 9.90. The van der Waals surface area contributed by atoms with E-state index in [9.17, 15) is 22.4 Å². The number of benzene rings is 3. The van der Waals surface area contributed by atoms with Gasteiger partial charge in [0.05, 0.1) is 4.90 Å². The van der Waals surface area contributed by atoms with Crippen LogP contribution in [0.15, 0.2) is 77.7 Å². The first-order chi connectivity index (χ1) is 15.0. The Morgan fingerprint density at radius 2 is 1.59 bits per heavy atom. The van der Waals surface area contributed by atoms with Crippen molar-refractivity contribution in [1.82, 2.24) is 5.32 Å². The van der Waals surface area contributed by atoms with Gasteiger partial charge in [0, 0.05) is 21.9 Å². The standard InChI is InChI=1S/C23H20ClFN2O4S/c1-15-14-19(32(24,30)31)12-13-20(15)26-22(29)23(2,17-6-4-3-5-7-17)27-21(28)16-8-10-18(25)11-9-16/h3-14H,1-2H3,(H,26,29)(H,27,28)/t23-/m0/s1. The van der Waals surface area contributed by atoms with E-state index in [1.54, 1.807) is 44.2 Å². The molecule has 9 heteroatoms. The van der Waals surface area contributed by atoms with Gasteiger partial charge in [0.25, 0.3) is 20.9 Å². The van der Waals surface area contributed by atoms with Crippen molar-refractivity contribution in [3.8, 4) is 0 Å². The van der Waals surface area contributed by atoms with Crippen LogP contribution in [-0.4, -0.2) is 20.2 Å². The fraction of sp³-hybridized carbons (Fsp3) is 0.130. The molecular weight excluding hydrogens is 455 g/mol. The number of hydrogen-bond acceptors (Lipinski definition) is 4. The Balaban J connectivity index is 1.94. The van der Waals surface area contributed by atoms with Crippen LogP contribution in [0.2, 0.25) is 0 Å². The number of aryl methyl sites for hydroxylation is 1. The monoisotopic (exact) mass is 474 g/mol. The third-order valence-electron chi connectivity index (χ3n) is 5.00. The van der Waals surface area contributed by atoms with Crippen molar-refractivity contribution in [3.05, 3.63) is 95.3 Å². The summed E-state index contributed by atoms with van der Waals surface area (Å²) in [4.78, 5) is 26.1. The Bertz CT molecular complexity index is 1260. The van der Waals surface area contributed by atoms with E-state index >= 15 is 0 Å². The van der Waals surface area contributed by atoms with Crippen LogP contribution in [0, 0.1) is 12.7 Å². The Labute approximate surface area is 189 Å². The second kappa shape index (κ2) is 9.10. The summed E-state index contributed by atoms with van der Waals surface area (Å²) in [7, 11) is 1.46. The highest BCUT2D eigenvalue weighted by Gasteiger charge is 2.37. The molecule has 2 N–H and O–H groups in total. The van der Waals surface area contributed by atoms with Crippen molar-refractivity contribution in [1.29, 1.82) is 0 Å². The van der Waals surface area contributed by atoms with Gasteiger partial charge in [-0.3, -0.25) is 9.59 Å². The number of nitrogens with one attached hydrogen (secondary N) is 2. The molecule has 1 atom stereocenters. The molecule has 3 rings (SSSR count). The summed E-state index contributed by atoms with van der Waals surface area (Å²) in [5.74, 6) is -1.60. The van der Waals surface area contributed by atoms with Crippen molar-refractivity contribution < 1.29 is 22.4 Å². The highest BCUT2D eigenvalue weighted by molar-refractivity contribution is 8.13. The third-order valence-corrected chi connectivity index (χ3v) is 6.35. The molecule has 0 aromatic heterocycles. The van der Waals surface area contributed by atoms with Crippen molar-refractivity contribution in [2.24, 2.45) is 0 Å². The minimum Gasteiger partial charge on any atom is -0.334 e. The molecule has 0 fully saturated rings. The number of anilines is 1. The molecule has 0 saturated heterocycles. The lowest BCUT2D eigenvalue weighted by molar-refractivity contribution is -0.121. The van der Waals surface area contributed by atoms with Gasteiger partial charge < -0.3 is 10.6 Å². The maximum Gasteiger partial charge on any atom is 0.261 e. The highest BCUT2D eigenvalue weighted by Crippen LogP contribution is 2.27. The van der Waals surface area contributed by atoms with Crippen LogP contribution in [0.4, 0.5) is 10.1 Å². The quantitative estimate of drug-likeness (QED) is 0.519. The number of rotatable bonds is 6. The first-order valence-electron chi connectivity index (χ1n) is 9.51. The van der Waals surface area contributed by atoms with Gasteiger partial charge in [-0.1, -0.05) is 30.3 Å². The topological polar surface area (TPSA) is 92.3 Å². The Morgan fingerprint density at radius 1 is 0.969 bits per heavy atom. The zero-order chi connectivity index (χ0) is 23.5.